The first kappa shape index (κ1) is 18.2. The number of hydrogen-bond acceptors (Lipinski definition) is 3. The number of aliphatic carboxylic acids is 1. The lowest BCUT2D eigenvalue weighted by Crippen LogP contribution is -2.35. The molecule has 1 fully saturated rings. The van der Waals surface area contributed by atoms with Gasteiger partial charge in [0.2, 0.25) is 5.91 Å². The third-order valence-corrected chi connectivity index (χ3v) is 5.55. The summed E-state index contributed by atoms with van der Waals surface area (Å²) >= 11 is 0. The first-order valence-corrected chi connectivity index (χ1v) is 9.51. The lowest BCUT2D eigenvalue weighted by molar-refractivity contribution is -0.147. The van der Waals surface area contributed by atoms with E-state index in [1.54, 1.807) is 11.8 Å². The Kier molecular flexibility index (Phi) is 4.63. The summed E-state index contributed by atoms with van der Waals surface area (Å²) in [6.07, 6.45) is 1.31. The van der Waals surface area contributed by atoms with Gasteiger partial charge in [-0.25, -0.2) is 4.98 Å². The highest BCUT2D eigenvalue weighted by molar-refractivity contribution is 5.81. The van der Waals surface area contributed by atoms with E-state index >= 15 is 0 Å². The molecule has 2 heterocycles. The zero-order chi connectivity index (χ0) is 19.7. The second-order valence-electron chi connectivity index (χ2n) is 7.62. The van der Waals surface area contributed by atoms with Gasteiger partial charge >= 0.3 is 5.97 Å². The second-order valence-corrected chi connectivity index (χ2v) is 7.62. The van der Waals surface area contributed by atoms with Crippen molar-refractivity contribution >= 4 is 22.9 Å². The van der Waals surface area contributed by atoms with Crippen LogP contribution in [0, 0.1) is 5.41 Å². The number of nitrogens with zero attached hydrogens (tertiary/aromatic N) is 3. The van der Waals surface area contributed by atoms with Crippen LogP contribution < -0.4 is 0 Å². The normalized spacial score (nSPS) is 19.2. The summed E-state index contributed by atoms with van der Waals surface area (Å²) in [5.41, 5.74) is 2.08. The highest BCUT2D eigenvalue weighted by Crippen LogP contribution is 2.30. The molecule has 1 N–H and O–H groups in total. The number of aryl methyl sites for hydroxylation is 1. The summed E-state index contributed by atoms with van der Waals surface area (Å²) in [6.45, 7) is 2.48. The van der Waals surface area contributed by atoms with E-state index in [9.17, 15) is 14.7 Å². The molecule has 1 aliphatic heterocycles. The fourth-order valence-corrected chi connectivity index (χ4v) is 3.83. The summed E-state index contributed by atoms with van der Waals surface area (Å²) in [4.78, 5) is 30.5. The van der Waals surface area contributed by atoms with Crippen LogP contribution in [-0.4, -0.2) is 44.5 Å². The maximum absolute atomic E-state index is 12.7. The number of imidazole rings is 1. The van der Waals surface area contributed by atoms with E-state index in [1.807, 2.05) is 54.6 Å². The molecule has 1 aromatic heterocycles. The minimum absolute atomic E-state index is 0.0170. The van der Waals surface area contributed by atoms with Gasteiger partial charge in [-0.3, -0.25) is 14.2 Å². The third kappa shape index (κ3) is 3.26. The zero-order valence-electron chi connectivity index (χ0n) is 15.8. The monoisotopic (exact) mass is 377 g/mol. The van der Waals surface area contributed by atoms with Crippen molar-refractivity contribution in [3.8, 4) is 5.69 Å². The van der Waals surface area contributed by atoms with Gasteiger partial charge in [-0.15, -0.1) is 0 Å². The molecule has 4 rings (SSSR count). The standard InChI is InChI=1S/C22H23N3O3/c1-22(21(27)28)13-14-24(15-22)20(26)12-11-19-23-17-9-5-6-10-18(17)25(19)16-7-3-2-4-8-16/h2-10H,11-15H2,1H3,(H,27,28). The Balaban J connectivity index is 1.56. The van der Waals surface area contributed by atoms with E-state index in [4.69, 9.17) is 4.98 Å². The molecule has 28 heavy (non-hydrogen) atoms. The Hall–Kier alpha value is -3.15. The number of carbonyl (C=O) groups is 2. The molecule has 1 saturated heterocycles. The summed E-state index contributed by atoms with van der Waals surface area (Å²) in [5.74, 6) is -0.0220. The number of likely N-dealkylation sites (tertiary alicyclic amines) is 1. The van der Waals surface area contributed by atoms with Gasteiger partial charge in [0, 0.05) is 31.6 Å². The molecular formula is C22H23N3O3. The lowest BCUT2D eigenvalue weighted by atomic mass is 9.90. The summed E-state index contributed by atoms with van der Waals surface area (Å²) < 4.78 is 2.09. The average Bonchev–Trinajstić information content (AvgIpc) is 3.28. The van der Waals surface area contributed by atoms with Gasteiger partial charge < -0.3 is 10.0 Å². The largest absolute Gasteiger partial charge is 0.481 e. The van der Waals surface area contributed by atoms with Crippen LogP contribution in [0.2, 0.25) is 0 Å². The van der Waals surface area contributed by atoms with Crippen LogP contribution in [0.3, 0.4) is 0 Å². The van der Waals surface area contributed by atoms with Gasteiger partial charge in [-0.1, -0.05) is 30.3 Å². The Bertz CT molecular complexity index is 1030. The number of amides is 1. The van der Waals surface area contributed by atoms with Crippen molar-refractivity contribution in [1.82, 2.24) is 14.5 Å². The van der Waals surface area contributed by atoms with E-state index in [2.05, 4.69) is 4.57 Å². The van der Waals surface area contributed by atoms with E-state index in [1.165, 1.54) is 0 Å². The molecule has 144 valence electrons. The van der Waals surface area contributed by atoms with Gasteiger partial charge in [-0.2, -0.15) is 0 Å². The fourth-order valence-electron chi connectivity index (χ4n) is 3.83. The smallest absolute Gasteiger partial charge is 0.311 e. The molecular weight excluding hydrogens is 354 g/mol. The summed E-state index contributed by atoms with van der Waals surface area (Å²) in [6, 6.07) is 17.9. The number of carbonyl (C=O) groups excluding carboxylic acids is 1. The van der Waals surface area contributed by atoms with Gasteiger partial charge in [0.25, 0.3) is 0 Å². The second kappa shape index (κ2) is 7.11. The van der Waals surface area contributed by atoms with Crippen LogP contribution in [0.4, 0.5) is 0 Å². The molecule has 0 aliphatic carbocycles. The topological polar surface area (TPSA) is 75.4 Å². The van der Waals surface area contributed by atoms with Gasteiger partial charge in [0.05, 0.1) is 16.4 Å². The molecule has 1 amide bonds. The molecule has 1 unspecified atom stereocenters. The fraction of sp³-hybridized carbons (Fsp3) is 0.318. The number of benzene rings is 2. The highest BCUT2D eigenvalue weighted by atomic mass is 16.4. The molecule has 6 heteroatoms. The Morgan fingerprint density at radius 1 is 1.11 bits per heavy atom. The van der Waals surface area contributed by atoms with Crippen molar-refractivity contribution in [2.45, 2.75) is 26.2 Å². The number of para-hydroxylation sites is 3. The van der Waals surface area contributed by atoms with Crippen LogP contribution in [0.25, 0.3) is 16.7 Å². The van der Waals surface area contributed by atoms with E-state index in [0.29, 0.717) is 25.8 Å². The van der Waals surface area contributed by atoms with Gasteiger partial charge in [0.15, 0.2) is 0 Å². The highest BCUT2D eigenvalue weighted by Gasteiger charge is 2.41. The zero-order valence-corrected chi connectivity index (χ0v) is 15.8. The molecule has 0 radical (unpaired) electrons. The van der Waals surface area contributed by atoms with Crippen molar-refractivity contribution in [2.75, 3.05) is 13.1 Å². The van der Waals surface area contributed by atoms with Gasteiger partial charge in [-0.05, 0) is 37.6 Å². The minimum atomic E-state index is -0.840. The molecule has 1 aliphatic rings. The predicted octanol–water partition coefficient (Wildman–Crippen LogP) is 3.28. The van der Waals surface area contributed by atoms with Crippen molar-refractivity contribution < 1.29 is 14.7 Å². The number of aromatic nitrogens is 2. The lowest BCUT2D eigenvalue weighted by Gasteiger charge is -2.20. The van der Waals surface area contributed by atoms with Crippen LogP contribution in [0.1, 0.15) is 25.6 Å². The van der Waals surface area contributed by atoms with E-state index in [0.717, 1.165) is 22.5 Å². The van der Waals surface area contributed by atoms with Crippen molar-refractivity contribution in [2.24, 2.45) is 5.41 Å². The quantitative estimate of drug-likeness (QED) is 0.740. The van der Waals surface area contributed by atoms with Crippen LogP contribution in [0.5, 0.6) is 0 Å². The number of rotatable bonds is 5. The summed E-state index contributed by atoms with van der Waals surface area (Å²) in [5, 5.41) is 9.37. The van der Waals surface area contributed by atoms with Crippen molar-refractivity contribution in [1.29, 1.82) is 0 Å². The van der Waals surface area contributed by atoms with E-state index < -0.39 is 11.4 Å². The van der Waals surface area contributed by atoms with Crippen LogP contribution in [-0.2, 0) is 16.0 Å². The molecule has 0 saturated carbocycles. The number of carboxylic acids is 1. The maximum atomic E-state index is 12.7. The molecule has 1 atom stereocenters. The molecule has 3 aromatic rings. The first-order chi connectivity index (χ1) is 13.5. The number of fused-ring (bicyclic) bond motifs is 1. The van der Waals surface area contributed by atoms with Gasteiger partial charge in [0.1, 0.15) is 5.82 Å². The Morgan fingerprint density at radius 3 is 2.54 bits per heavy atom. The maximum Gasteiger partial charge on any atom is 0.311 e. The molecule has 6 nitrogen and oxygen atoms in total. The minimum Gasteiger partial charge on any atom is -0.481 e. The first-order valence-electron chi connectivity index (χ1n) is 9.51. The van der Waals surface area contributed by atoms with Crippen molar-refractivity contribution in [3.05, 3.63) is 60.4 Å². The van der Waals surface area contributed by atoms with Crippen molar-refractivity contribution in [3.63, 3.8) is 0 Å². The predicted molar refractivity (Wildman–Crippen MR) is 106 cm³/mol. The molecule has 2 aromatic carbocycles. The average molecular weight is 377 g/mol. The molecule has 0 spiro atoms. The third-order valence-electron chi connectivity index (χ3n) is 5.55. The Morgan fingerprint density at radius 2 is 1.82 bits per heavy atom. The SMILES string of the molecule is CC1(C(=O)O)CCN(C(=O)CCc2nc3ccccc3n2-c2ccccc2)C1. The number of hydrogen-bond donors (Lipinski definition) is 1. The van der Waals surface area contributed by atoms with Crippen LogP contribution >= 0.6 is 0 Å². The number of carboxylic acid groups (broad SMARTS) is 1. The van der Waals surface area contributed by atoms with Crippen LogP contribution in [0.15, 0.2) is 54.6 Å². The summed E-state index contributed by atoms with van der Waals surface area (Å²) in [7, 11) is 0. The van der Waals surface area contributed by atoms with E-state index in [-0.39, 0.29) is 12.5 Å². The molecule has 0 bridgehead atoms. The Labute approximate surface area is 163 Å².